The summed E-state index contributed by atoms with van der Waals surface area (Å²) < 4.78 is 0. The van der Waals surface area contributed by atoms with Crippen molar-refractivity contribution in [2.75, 3.05) is 13.1 Å². The van der Waals surface area contributed by atoms with Gasteiger partial charge in [0.2, 0.25) is 0 Å². The first-order chi connectivity index (χ1) is 13.2. The van der Waals surface area contributed by atoms with Crippen LogP contribution in [0.15, 0.2) is 52.1 Å². The van der Waals surface area contributed by atoms with Gasteiger partial charge in [0.1, 0.15) is 0 Å². The highest BCUT2D eigenvalue weighted by atomic mass is 32.1. The first-order valence-corrected chi connectivity index (χ1v) is 11.5. The fourth-order valence-corrected chi connectivity index (χ4v) is 5.62. The highest BCUT2D eigenvalue weighted by Crippen LogP contribution is 2.27. The SMILES string of the molecule is CC(CN(CCc1cccs1)C1CCc2c(cc[nH]c2=O)C1)c1cccs1. The molecule has 142 valence electrons. The lowest BCUT2D eigenvalue weighted by molar-refractivity contribution is 0.173. The summed E-state index contributed by atoms with van der Waals surface area (Å²) in [5.41, 5.74) is 2.33. The number of nitrogens with zero attached hydrogens (tertiary/aromatic N) is 1. The van der Waals surface area contributed by atoms with Gasteiger partial charge < -0.3 is 4.98 Å². The average molecular weight is 399 g/mol. The number of pyridine rings is 1. The molecule has 2 atom stereocenters. The van der Waals surface area contributed by atoms with Crippen molar-refractivity contribution in [1.29, 1.82) is 0 Å². The lowest BCUT2D eigenvalue weighted by atomic mass is 9.88. The third-order valence-electron chi connectivity index (χ3n) is 5.62. The van der Waals surface area contributed by atoms with E-state index in [-0.39, 0.29) is 5.56 Å². The van der Waals surface area contributed by atoms with Crippen LogP contribution in [-0.4, -0.2) is 29.0 Å². The number of hydrogen-bond acceptors (Lipinski definition) is 4. The number of nitrogens with one attached hydrogen (secondary N) is 1. The van der Waals surface area contributed by atoms with E-state index in [1.165, 1.54) is 15.3 Å². The van der Waals surface area contributed by atoms with Crippen LogP contribution in [0.4, 0.5) is 0 Å². The summed E-state index contributed by atoms with van der Waals surface area (Å²) in [4.78, 5) is 20.5. The van der Waals surface area contributed by atoms with Crippen LogP contribution in [-0.2, 0) is 19.3 Å². The van der Waals surface area contributed by atoms with Crippen LogP contribution in [0.5, 0.6) is 0 Å². The minimum atomic E-state index is 0.100. The molecule has 1 aliphatic carbocycles. The molecule has 0 spiro atoms. The Morgan fingerprint density at radius 1 is 1.22 bits per heavy atom. The van der Waals surface area contributed by atoms with Gasteiger partial charge in [-0.2, -0.15) is 0 Å². The summed E-state index contributed by atoms with van der Waals surface area (Å²) in [5, 5.41) is 4.34. The minimum Gasteiger partial charge on any atom is -0.329 e. The first kappa shape index (κ1) is 18.7. The molecule has 0 bridgehead atoms. The van der Waals surface area contributed by atoms with Crippen LogP contribution in [0.3, 0.4) is 0 Å². The van der Waals surface area contributed by atoms with Gasteiger partial charge in [-0.05, 0) is 60.2 Å². The summed E-state index contributed by atoms with van der Waals surface area (Å²) in [7, 11) is 0. The van der Waals surface area contributed by atoms with E-state index >= 15 is 0 Å². The number of hydrogen-bond donors (Lipinski definition) is 1. The molecule has 3 aromatic heterocycles. The number of fused-ring (bicyclic) bond motifs is 1. The maximum atomic E-state index is 12.1. The summed E-state index contributed by atoms with van der Waals surface area (Å²) in [5.74, 6) is 0.536. The molecule has 0 saturated heterocycles. The van der Waals surface area contributed by atoms with Gasteiger partial charge in [0.25, 0.3) is 5.56 Å². The molecule has 0 saturated carbocycles. The van der Waals surface area contributed by atoms with Crippen molar-refractivity contribution in [2.24, 2.45) is 0 Å². The van der Waals surface area contributed by atoms with Crippen molar-refractivity contribution in [3.05, 3.63) is 78.5 Å². The van der Waals surface area contributed by atoms with E-state index in [2.05, 4.69) is 57.9 Å². The van der Waals surface area contributed by atoms with E-state index in [1.54, 1.807) is 6.20 Å². The van der Waals surface area contributed by atoms with Gasteiger partial charge in [0.05, 0.1) is 0 Å². The summed E-state index contributed by atoms with van der Waals surface area (Å²) in [6.07, 6.45) is 5.85. The van der Waals surface area contributed by atoms with E-state index in [9.17, 15) is 4.79 Å². The minimum absolute atomic E-state index is 0.100. The van der Waals surface area contributed by atoms with Gasteiger partial charge in [-0.1, -0.05) is 19.1 Å². The second-order valence-corrected chi connectivity index (χ2v) is 9.46. The molecule has 0 radical (unpaired) electrons. The fraction of sp³-hybridized carbons (Fsp3) is 0.409. The first-order valence-electron chi connectivity index (χ1n) is 9.70. The van der Waals surface area contributed by atoms with E-state index in [4.69, 9.17) is 0 Å². The zero-order valence-corrected chi connectivity index (χ0v) is 17.3. The maximum absolute atomic E-state index is 12.1. The van der Waals surface area contributed by atoms with Crippen molar-refractivity contribution in [3.63, 3.8) is 0 Å². The molecular weight excluding hydrogens is 372 g/mol. The Labute approximate surface area is 168 Å². The van der Waals surface area contributed by atoms with Crippen LogP contribution in [0.25, 0.3) is 0 Å². The van der Waals surface area contributed by atoms with Crippen LogP contribution < -0.4 is 5.56 Å². The Balaban J connectivity index is 1.50. The molecule has 1 N–H and O–H groups in total. The predicted molar refractivity (Wildman–Crippen MR) is 115 cm³/mol. The van der Waals surface area contributed by atoms with E-state index in [1.807, 2.05) is 22.7 Å². The van der Waals surface area contributed by atoms with Crippen molar-refractivity contribution in [2.45, 2.75) is 44.6 Å². The largest absolute Gasteiger partial charge is 0.329 e. The third-order valence-corrected chi connectivity index (χ3v) is 7.66. The third kappa shape index (κ3) is 4.42. The van der Waals surface area contributed by atoms with Crippen LogP contribution in [0.2, 0.25) is 0 Å². The Kier molecular flexibility index (Phi) is 5.91. The Morgan fingerprint density at radius 2 is 2.07 bits per heavy atom. The lowest BCUT2D eigenvalue weighted by Gasteiger charge is -2.36. The number of rotatable bonds is 7. The average Bonchev–Trinajstić information content (AvgIpc) is 3.38. The molecule has 3 nitrogen and oxygen atoms in total. The number of H-pyrrole nitrogens is 1. The molecule has 3 aromatic rings. The quantitative estimate of drug-likeness (QED) is 0.626. The topological polar surface area (TPSA) is 36.1 Å². The fourth-order valence-electron chi connectivity index (χ4n) is 4.14. The zero-order chi connectivity index (χ0) is 18.6. The number of thiophene rings is 2. The highest BCUT2D eigenvalue weighted by molar-refractivity contribution is 7.10. The van der Waals surface area contributed by atoms with Gasteiger partial charge in [-0.15, -0.1) is 22.7 Å². The monoisotopic (exact) mass is 398 g/mol. The van der Waals surface area contributed by atoms with Crippen LogP contribution >= 0.6 is 22.7 Å². The lowest BCUT2D eigenvalue weighted by Crippen LogP contribution is -2.43. The predicted octanol–water partition coefficient (Wildman–Crippen LogP) is 4.70. The van der Waals surface area contributed by atoms with E-state index < -0.39 is 0 Å². The van der Waals surface area contributed by atoms with Crippen molar-refractivity contribution >= 4 is 22.7 Å². The molecule has 0 amide bonds. The van der Waals surface area contributed by atoms with Gasteiger partial charge in [-0.3, -0.25) is 9.69 Å². The second-order valence-electron chi connectivity index (χ2n) is 7.45. The summed E-state index contributed by atoms with van der Waals surface area (Å²) in [6.45, 7) is 4.50. The van der Waals surface area contributed by atoms with Gasteiger partial charge in [0.15, 0.2) is 0 Å². The molecule has 0 aromatic carbocycles. The summed E-state index contributed by atoms with van der Waals surface area (Å²) in [6, 6.07) is 11.4. The zero-order valence-electron chi connectivity index (χ0n) is 15.7. The highest BCUT2D eigenvalue weighted by Gasteiger charge is 2.27. The van der Waals surface area contributed by atoms with Crippen molar-refractivity contribution in [1.82, 2.24) is 9.88 Å². The van der Waals surface area contributed by atoms with Crippen molar-refractivity contribution < 1.29 is 0 Å². The number of aromatic nitrogens is 1. The Hall–Kier alpha value is -1.69. The van der Waals surface area contributed by atoms with Crippen molar-refractivity contribution in [3.8, 4) is 0 Å². The van der Waals surface area contributed by atoms with Gasteiger partial charge in [0, 0.05) is 46.6 Å². The van der Waals surface area contributed by atoms with Gasteiger partial charge in [-0.25, -0.2) is 0 Å². The maximum Gasteiger partial charge on any atom is 0.251 e. The van der Waals surface area contributed by atoms with E-state index in [0.29, 0.717) is 12.0 Å². The standard InChI is InChI=1S/C22H26N2OS2/c1-16(21-5-3-13-27-21)15-24(11-9-19-4-2-12-26-19)18-6-7-20-17(14-18)8-10-23-22(20)25/h2-5,8,10,12-13,16,18H,6-7,9,11,14-15H2,1H3,(H,23,25). The summed E-state index contributed by atoms with van der Waals surface area (Å²) >= 11 is 3.70. The van der Waals surface area contributed by atoms with Gasteiger partial charge >= 0.3 is 0 Å². The molecular formula is C22H26N2OS2. The van der Waals surface area contributed by atoms with Crippen LogP contribution in [0, 0.1) is 0 Å². The molecule has 0 fully saturated rings. The molecule has 1 aliphatic rings. The smallest absolute Gasteiger partial charge is 0.251 e. The Morgan fingerprint density at radius 3 is 2.85 bits per heavy atom. The number of aromatic amines is 1. The second kappa shape index (κ2) is 8.55. The van der Waals surface area contributed by atoms with Crippen LogP contribution in [0.1, 0.15) is 40.1 Å². The molecule has 0 aliphatic heterocycles. The van der Waals surface area contributed by atoms with E-state index in [0.717, 1.165) is 44.3 Å². The molecule has 5 heteroatoms. The Bertz CT molecular complexity index is 899. The normalized spacial score (nSPS) is 17.8. The molecule has 4 rings (SSSR count). The molecule has 3 heterocycles. The molecule has 2 unspecified atom stereocenters. The molecule has 27 heavy (non-hydrogen) atoms.